The minimum absolute atomic E-state index is 0. The molecule has 0 bridgehead atoms. The number of nitrogens with zero attached hydrogens (tertiary/aromatic N) is 1. The Hall–Kier alpha value is 0.460. The molecule has 0 unspecified atom stereocenters. The lowest BCUT2D eigenvalue weighted by Crippen LogP contribution is -2.43. The Morgan fingerprint density at radius 3 is 2.69 bits per heavy atom. The number of methoxy groups -OCH3 is 1. The number of hydrogen-bond donors (Lipinski definition) is 1. The second kappa shape index (κ2) is 9.03. The van der Waals surface area contributed by atoms with E-state index in [4.69, 9.17) is 10.5 Å². The molecule has 0 radical (unpaired) electrons. The van der Waals surface area contributed by atoms with Crippen molar-refractivity contribution >= 4 is 24.8 Å². The van der Waals surface area contributed by atoms with Crippen LogP contribution in [0, 0.1) is 0 Å². The van der Waals surface area contributed by atoms with Gasteiger partial charge in [-0.1, -0.05) is 0 Å². The van der Waals surface area contributed by atoms with Gasteiger partial charge in [-0.2, -0.15) is 0 Å². The summed E-state index contributed by atoms with van der Waals surface area (Å²) < 4.78 is 5.00. The average Bonchev–Trinajstić information content (AvgIpc) is 2.01. The van der Waals surface area contributed by atoms with Crippen LogP contribution < -0.4 is 5.73 Å². The van der Waals surface area contributed by atoms with Gasteiger partial charge in [0.2, 0.25) is 0 Å². The van der Waals surface area contributed by atoms with Gasteiger partial charge in [-0.25, -0.2) is 0 Å². The van der Waals surface area contributed by atoms with Crippen LogP contribution in [0.25, 0.3) is 0 Å². The molecule has 1 heterocycles. The van der Waals surface area contributed by atoms with Crippen LogP contribution in [0.4, 0.5) is 0 Å². The molecule has 0 aromatic rings. The lowest BCUT2D eigenvalue weighted by molar-refractivity contribution is 0.129. The molecule has 1 aliphatic rings. The largest absolute Gasteiger partial charge is 0.383 e. The van der Waals surface area contributed by atoms with Gasteiger partial charge in [-0.3, -0.25) is 4.90 Å². The van der Waals surface area contributed by atoms with Crippen molar-refractivity contribution in [3.8, 4) is 0 Å². The van der Waals surface area contributed by atoms with Gasteiger partial charge in [0.05, 0.1) is 6.61 Å². The molecule has 0 spiro atoms. The van der Waals surface area contributed by atoms with Crippen molar-refractivity contribution < 1.29 is 4.74 Å². The molecule has 1 rings (SSSR count). The van der Waals surface area contributed by atoms with Gasteiger partial charge < -0.3 is 10.5 Å². The highest BCUT2D eigenvalue weighted by Crippen LogP contribution is 2.06. The van der Waals surface area contributed by atoms with E-state index in [0.717, 1.165) is 19.7 Å². The van der Waals surface area contributed by atoms with Crippen LogP contribution in [-0.2, 0) is 4.74 Å². The Balaban J connectivity index is 0. The van der Waals surface area contributed by atoms with Crippen LogP contribution in [-0.4, -0.2) is 44.3 Å². The molecule has 0 aromatic heterocycles. The van der Waals surface area contributed by atoms with E-state index in [1.165, 1.54) is 19.4 Å². The summed E-state index contributed by atoms with van der Waals surface area (Å²) in [4.78, 5) is 2.37. The maximum atomic E-state index is 5.81. The Labute approximate surface area is 92.8 Å². The zero-order valence-electron chi connectivity index (χ0n) is 8.07. The van der Waals surface area contributed by atoms with Crippen molar-refractivity contribution in [3.05, 3.63) is 0 Å². The molecule has 1 aliphatic heterocycles. The number of rotatable bonds is 3. The summed E-state index contributed by atoms with van der Waals surface area (Å²) in [5.41, 5.74) is 5.81. The van der Waals surface area contributed by atoms with E-state index in [1.54, 1.807) is 7.11 Å². The lowest BCUT2D eigenvalue weighted by atomic mass is 10.1. The summed E-state index contributed by atoms with van der Waals surface area (Å²) >= 11 is 0. The van der Waals surface area contributed by atoms with Crippen molar-refractivity contribution in [2.24, 2.45) is 5.73 Å². The molecule has 5 heteroatoms. The van der Waals surface area contributed by atoms with Crippen LogP contribution in [0.3, 0.4) is 0 Å². The number of nitrogens with two attached hydrogens (primary N) is 1. The third kappa shape index (κ3) is 6.52. The average molecular weight is 231 g/mol. The molecule has 0 amide bonds. The predicted octanol–water partition coefficient (Wildman–Crippen LogP) is 0.900. The first-order chi connectivity index (χ1) is 5.33. The summed E-state index contributed by atoms with van der Waals surface area (Å²) in [5.74, 6) is 0. The molecule has 2 N–H and O–H groups in total. The number of ether oxygens (including phenoxy) is 1. The van der Waals surface area contributed by atoms with Gasteiger partial charge in [0.25, 0.3) is 0 Å². The fourth-order valence-corrected chi connectivity index (χ4v) is 1.51. The van der Waals surface area contributed by atoms with Crippen molar-refractivity contribution in [2.75, 3.05) is 33.4 Å². The Morgan fingerprint density at radius 1 is 1.46 bits per heavy atom. The SMILES string of the molecule is COCCN1CCC[C@H](N)C1.Cl.Cl. The number of likely N-dealkylation sites (tertiary alicyclic amines) is 1. The van der Waals surface area contributed by atoms with Crippen LogP contribution in [0.5, 0.6) is 0 Å². The monoisotopic (exact) mass is 230 g/mol. The van der Waals surface area contributed by atoms with E-state index in [9.17, 15) is 0 Å². The second-order valence-electron chi connectivity index (χ2n) is 3.20. The highest BCUT2D eigenvalue weighted by atomic mass is 35.5. The highest BCUT2D eigenvalue weighted by Gasteiger charge is 2.15. The van der Waals surface area contributed by atoms with Gasteiger partial charge in [-0.15, -0.1) is 24.8 Å². The molecule has 1 fully saturated rings. The van der Waals surface area contributed by atoms with Gasteiger partial charge in [0.15, 0.2) is 0 Å². The summed E-state index contributed by atoms with van der Waals surface area (Å²) in [6, 6.07) is 0.389. The summed E-state index contributed by atoms with van der Waals surface area (Å²) in [6.45, 7) is 4.09. The first-order valence-electron chi connectivity index (χ1n) is 4.30. The smallest absolute Gasteiger partial charge is 0.0589 e. The summed E-state index contributed by atoms with van der Waals surface area (Å²) in [5, 5.41) is 0. The summed E-state index contributed by atoms with van der Waals surface area (Å²) in [6.07, 6.45) is 2.42. The van der Waals surface area contributed by atoms with E-state index >= 15 is 0 Å². The Bertz CT molecular complexity index is 116. The topological polar surface area (TPSA) is 38.5 Å². The van der Waals surface area contributed by atoms with E-state index in [-0.39, 0.29) is 24.8 Å². The molecular formula is C8H20Cl2N2O. The van der Waals surface area contributed by atoms with E-state index < -0.39 is 0 Å². The van der Waals surface area contributed by atoms with Crippen LogP contribution in [0.15, 0.2) is 0 Å². The van der Waals surface area contributed by atoms with E-state index in [1.807, 2.05) is 0 Å². The number of piperidine rings is 1. The lowest BCUT2D eigenvalue weighted by Gasteiger charge is -2.30. The predicted molar refractivity (Wildman–Crippen MR) is 60.0 cm³/mol. The third-order valence-corrected chi connectivity index (χ3v) is 2.15. The Kier molecular flexibility index (Phi) is 11.1. The number of halogens is 2. The molecule has 0 aromatic carbocycles. The zero-order valence-corrected chi connectivity index (χ0v) is 9.70. The van der Waals surface area contributed by atoms with Crippen molar-refractivity contribution in [1.82, 2.24) is 4.90 Å². The molecule has 13 heavy (non-hydrogen) atoms. The minimum atomic E-state index is 0. The van der Waals surface area contributed by atoms with E-state index in [0.29, 0.717) is 6.04 Å². The van der Waals surface area contributed by atoms with Crippen LogP contribution in [0.2, 0.25) is 0 Å². The second-order valence-corrected chi connectivity index (χ2v) is 3.20. The maximum absolute atomic E-state index is 5.81. The molecule has 1 atom stereocenters. The van der Waals surface area contributed by atoms with Gasteiger partial charge in [0.1, 0.15) is 0 Å². The quantitative estimate of drug-likeness (QED) is 0.784. The molecular weight excluding hydrogens is 211 g/mol. The van der Waals surface area contributed by atoms with Crippen molar-refractivity contribution in [3.63, 3.8) is 0 Å². The maximum Gasteiger partial charge on any atom is 0.0589 e. The fraction of sp³-hybridized carbons (Fsp3) is 1.00. The standard InChI is InChI=1S/C8H18N2O.2ClH/c1-11-6-5-10-4-2-3-8(9)7-10;;/h8H,2-7,9H2,1H3;2*1H/t8-;;/m0../s1. The number of hydrogen-bond acceptors (Lipinski definition) is 3. The first-order valence-corrected chi connectivity index (χ1v) is 4.30. The van der Waals surface area contributed by atoms with Crippen LogP contribution in [0.1, 0.15) is 12.8 Å². The van der Waals surface area contributed by atoms with Crippen molar-refractivity contribution in [2.45, 2.75) is 18.9 Å². The Morgan fingerprint density at radius 2 is 2.15 bits per heavy atom. The van der Waals surface area contributed by atoms with Crippen LogP contribution >= 0.6 is 24.8 Å². The van der Waals surface area contributed by atoms with Gasteiger partial charge in [0, 0.05) is 26.2 Å². The fourth-order valence-electron chi connectivity index (χ4n) is 1.51. The normalized spacial score (nSPS) is 23.1. The third-order valence-electron chi connectivity index (χ3n) is 2.15. The van der Waals surface area contributed by atoms with Gasteiger partial charge in [-0.05, 0) is 19.4 Å². The molecule has 0 aliphatic carbocycles. The summed E-state index contributed by atoms with van der Waals surface area (Å²) in [7, 11) is 1.74. The molecule has 82 valence electrons. The molecule has 0 saturated carbocycles. The molecule has 1 saturated heterocycles. The molecule has 3 nitrogen and oxygen atoms in total. The minimum Gasteiger partial charge on any atom is -0.383 e. The zero-order chi connectivity index (χ0) is 8.10. The van der Waals surface area contributed by atoms with Gasteiger partial charge >= 0.3 is 0 Å². The van der Waals surface area contributed by atoms with Crippen molar-refractivity contribution in [1.29, 1.82) is 0 Å². The van der Waals surface area contributed by atoms with E-state index in [2.05, 4.69) is 4.90 Å². The first kappa shape index (κ1) is 15.9. The highest BCUT2D eigenvalue weighted by molar-refractivity contribution is 5.85.